The van der Waals surface area contributed by atoms with Gasteiger partial charge in [-0.25, -0.2) is 4.79 Å². The molecule has 0 aliphatic rings. The first-order valence-corrected chi connectivity index (χ1v) is 9.29. The van der Waals surface area contributed by atoms with Crippen LogP contribution < -0.4 is 21.3 Å². The lowest BCUT2D eigenvalue weighted by Gasteiger charge is -2.17. The van der Waals surface area contributed by atoms with Gasteiger partial charge in [0.05, 0.1) is 24.6 Å². The minimum Gasteiger partial charge on any atom is -0.497 e. The lowest BCUT2D eigenvalue weighted by atomic mass is 10.2. The van der Waals surface area contributed by atoms with E-state index in [4.69, 9.17) is 4.74 Å². The summed E-state index contributed by atoms with van der Waals surface area (Å²) in [6.45, 7) is -0.0614. The number of aromatic amines is 1. The SMILES string of the molecule is COc1cccc(NC(=O)CN(C)C(=O)CCn2c(=O)[nH]c(=O)c3ccccc32)c1. The second-order valence-electron chi connectivity index (χ2n) is 6.71. The lowest BCUT2D eigenvalue weighted by Crippen LogP contribution is -2.36. The zero-order chi connectivity index (χ0) is 21.7. The Morgan fingerprint density at radius 1 is 1.13 bits per heavy atom. The summed E-state index contributed by atoms with van der Waals surface area (Å²) in [6.07, 6.45) is -0.00111. The normalized spacial score (nSPS) is 10.6. The van der Waals surface area contributed by atoms with Gasteiger partial charge in [0.15, 0.2) is 0 Å². The smallest absolute Gasteiger partial charge is 0.328 e. The molecule has 2 aromatic carbocycles. The molecule has 0 aliphatic carbocycles. The Balaban J connectivity index is 1.62. The van der Waals surface area contributed by atoms with Gasteiger partial charge in [-0.05, 0) is 24.3 Å². The van der Waals surface area contributed by atoms with Gasteiger partial charge in [-0.2, -0.15) is 0 Å². The number of methoxy groups -OCH3 is 1. The first-order valence-electron chi connectivity index (χ1n) is 9.29. The van der Waals surface area contributed by atoms with E-state index in [1.165, 1.54) is 23.6 Å². The summed E-state index contributed by atoms with van der Waals surface area (Å²) in [4.78, 5) is 52.3. The van der Waals surface area contributed by atoms with Crippen molar-refractivity contribution in [1.82, 2.24) is 14.5 Å². The molecule has 0 spiro atoms. The van der Waals surface area contributed by atoms with Gasteiger partial charge < -0.3 is 15.0 Å². The number of carbonyl (C=O) groups is 2. The predicted molar refractivity (Wildman–Crippen MR) is 113 cm³/mol. The van der Waals surface area contributed by atoms with Crippen LogP contribution in [0.4, 0.5) is 5.69 Å². The Kier molecular flexibility index (Phi) is 6.31. The molecule has 1 heterocycles. The number of hydrogen-bond donors (Lipinski definition) is 2. The molecule has 30 heavy (non-hydrogen) atoms. The van der Waals surface area contributed by atoms with Crippen LogP contribution in [-0.4, -0.2) is 47.0 Å². The molecule has 0 atom stereocenters. The third kappa shape index (κ3) is 4.75. The van der Waals surface area contributed by atoms with Crippen molar-refractivity contribution in [2.75, 3.05) is 26.0 Å². The van der Waals surface area contributed by atoms with E-state index in [0.717, 1.165) is 0 Å². The average Bonchev–Trinajstić information content (AvgIpc) is 2.73. The number of ether oxygens (including phenoxy) is 1. The van der Waals surface area contributed by atoms with Gasteiger partial charge in [0.25, 0.3) is 5.56 Å². The van der Waals surface area contributed by atoms with Crippen molar-refractivity contribution >= 4 is 28.4 Å². The van der Waals surface area contributed by atoms with Crippen molar-refractivity contribution in [2.45, 2.75) is 13.0 Å². The van der Waals surface area contributed by atoms with Crippen LogP contribution in [0.5, 0.6) is 5.75 Å². The van der Waals surface area contributed by atoms with Crippen molar-refractivity contribution in [3.05, 3.63) is 69.4 Å². The molecule has 0 fully saturated rings. The molecular weight excluding hydrogens is 388 g/mol. The molecule has 0 aliphatic heterocycles. The molecule has 156 valence electrons. The number of para-hydroxylation sites is 1. The lowest BCUT2D eigenvalue weighted by molar-refractivity contribution is -0.133. The third-order valence-electron chi connectivity index (χ3n) is 4.61. The number of likely N-dealkylation sites (N-methyl/N-ethyl adjacent to an activating group) is 1. The number of fused-ring (bicyclic) bond motifs is 1. The molecule has 0 saturated heterocycles. The Labute approximate surface area is 171 Å². The van der Waals surface area contributed by atoms with Gasteiger partial charge in [-0.15, -0.1) is 0 Å². The fourth-order valence-electron chi connectivity index (χ4n) is 3.07. The number of amides is 2. The third-order valence-corrected chi connectivity index (χ3v) is 4.61. The second kappa shape index (κ2) is 9.08. The van der Waals surface area contributed by atoms with Crippen LogP contribution in [0.3, 0.4) is 0 Å². The summed E-state index contributed by atoms with van der Waals surface area (Å²) in [6, 6.07) is 13.6. The van der Waals surface area contributed by atoms with E-state index in [-0.39, 0.29) is 31.3 Å². The number of carbonyl (C=O) groups excluding carboxylic acids is 2. The molecule has 9 nitrogen and oxygen atoms in total. The highest BCUT2D eigenvalue weighted by Gasteiger charge is 2.15. The van der Waals surface area contributed by atoms with E-state index in [1.54, 1.807) is 48.5 Å². The number of anilines is 1. The number of nitrogens with zero attached hydrogens (tertiary/aromatic N) is 2. The van der Waals surface area contributed by atoms with Crippen molar-refractivity contribution in [3.63, 3.8) is 0 Å². The summed E-state index contributed by atoms with van der Waals surface area (Å²) < 4.78 is 6.46. The summed E-state index contributed by atoms with van der Waals surface area (Å²) in [5.41, 5.74) is -0.0293. The van der Waals surface area contributed by atoms with E-state index in [2.05, 4.69) is 10.3 Å². The molecule has 9 heteroatoms. The summed E-state index contributed by atoms with van der Waals surface area (Å²) in [7, 11) is 3.05. The number of benzene rings is 2. The fourth-order valence-corrected chi connectivity index (χ4v) is 3.07. The van der Waals surface area contributed by atoms with Crippen LogP contribution >= 0.6 is 0 Å². The molecule has 2 N–H and O–H groups in total. The summed E-state index contributed by atoms with van der Waals surface area (Å²) >= 11 is 0. The first-order chi connectivity index (χ1) is 14.4. The van der Waals surface area contributed by atoms with Gasteiger partial charge in [0, 0.05) is 31.8 Å². The number of rotatable bonds is 7. The maximum atomic E-state index is 12.5. The van der Waals surface area contributed by atoms with Crippen molar-refractivity contribution in [2.24, 2.45) is 0 Å². The number of aromatic nitrogens is 2. The number of H-pyrrole nitrogens is 1. The largest absolute Gasteiger partial charge is 0.497 e. The Morgan fingerprint density at radius 2 is 1.90 bits per heavy atom. The highest BCUT2D eigenvalue weighted by atomic mass is 16.5. The number of nitrogens with one attached hydrogen (secondary N) is 2. The maximum absolute atomic E-state index is 12.5. The molecule has 1 aromatic heterocycles. The Morgan fingerprint density at radius 3 is 2.67 bits per heavy atom. The summed E-state index contributed by atoms with van der Waals surface area (Å²) in [5, 5.41) is 3.08. The van der Waals surface area contributed by atoms with Crippen LogP contribution in [0.2, 0.25) is 0 Å². The second-order valence-corrected chi connectivity index (χ2v) is 6.71. The summed E-state index contributed by atoms with van der Waals surface area (Å²) in [5.74, 6) is -0.0560. The molecular formula is C21H22N4O5. The van der Waals surface area contributed by atoms with E-state index in [1.807, 2.05) is 0 Å². The van der Waals surface area contributed by atoms with Crippen LogP contribution in [0.25, 0.3) is 10.9 Å². The van der Waals surface area contributed by atoms with Gasteiger partial charge in [-0.3, -0.25) is 23.9 Å². The minimum absolute atomic E-state index is 0.00111. The van der Waals surface area contributed by atoms with E-state index < -0.39 is 11.2 Å². The van der Waals surface area contributed by atoms with Crippen LogP contribution in [0.1, 0.15) is 6.42 Å². The standard InChI is InChI=1S/C21H22N4O5/c1-24(13-18(26)22-14-6-5-7-15(12-14)30-2)19(27)10-11-25-17-9-4-3-8-16(17)20(28)23-21(25)29/h3-9,12H,10-11,13H2,1-2H3,(H,22,26)(H,23,28,29). The van der Waals surface area contributed by atoms with Crippen LogP contribution in [0, 0.1) is 0 Å². The average molecular weight is 410 g/mol. The quantitative estimate of drug-likeness (QED) is 0.607. The monoisotopic (exact) mass is 410 g/mol. The van der Waals surface area contributed by atoms with Crippen molar-refractivity contribution in [3.8, 4) is 5.75 Å². The number of hydrogen-bond acceptors (Lipinski definition) is 5. The Bertz CT molecular complexity index is 1200. The van der Waals surface area contributed by atoms with Gasteiger partial charge in [0.2, 0.25) is 11.8 Å². The molecule has 0 bridgehead atoms. The van der Waals surface area contributed by atoms with Gasteiger partial charge >= 0.3 is 5.69 Å². The first kappa shape index (κ1) is 20.8. The van der Waals surface area contributed by atoms with Crippen LogP contribution in [-0.2, 0) is 16.1 Å². The highest BCUT2D eigenvalue weighted by Crippen LogP contribution is 2.16. The van der Waals surface area contributed by atoms with Crippen molar-refractivity contribution in [1.29, 1.82) is 0 Å². The molecule has 0 radical (unpaired) electrons. The fraction of sp³-hybridized carbons (Fsp3) is 0.238. The maximum Gasteiger partial charge on any atom is 0.328 e. The zero-order valence-electron chi connectivity index (χ0n) is 16.7. The number of aryl methyl sites for hydroxylation is 1. The van der Waals surface area contributed by atoms with E-state index in [9.17, 15) is 19.2 Å². The minimum atomic E-state index is -0.579. The molecule has 0 saturated carbocycles. The molecule has 2 amide bonds. The molecule has 3 aromatic rings. The topological polar surface area (TPSA) is 114 Å². The van der Waals surface area contributed by atoms with E-state index in [0.29, 0.717) is 22.3 Å². The Hall–Kier alpha value is -3.88. The molecule has 3 rings (SSSR count). The van der Waals surface area contributed by atoms with Gasteiger partial charge in [-0.1, -0.05) is 18.2 Å². The highest BCUT2D eigenvalue weighted by molar-refractivity contribution is 5.94. The predicted octanol–water partition coefficient (Wildman–Crippen LogP) is 1.19. The van der Waals surface area contributed by atoms with Gasteiger partial charge in [0.1, 0.15) is 5.75 Å². The zero-order valence-corrected chi connectivity index (χ0v) is 16.7. The van der Waals surface area contributed by atoms with Crippen LogP contribution in [0.15, 0.2) is 58.1 Å². The van der Waals surface area contributed by atoms with Crippen molar-refractivity contribution < 1.29 is 14.3 Å². The molecule has 0 unspecified atom stereocenters. The van der Waals surface area contributed by atoms with E-state index >= 15 is 0 Å².